The van der Waals surface area contributed by atoms with Gasteiger partial charge >= 0.3 is 0 Å². The first kappa shape index (κ1) is 23.7. The molecule has 34 heavy (non-hydrogen) atoms. The molecule has 7 nitrogen and oxygen atoms in total. The van der Waals surface area contributed by atoms with E-state index in [0.29, 0.717) is 11.3 Å². The number of hydrogen-bond acceptors (Lipinski definition) is 5. The van der Waals surface area contributed by atoms with Crippen LogP contribution in [0.15, 0.2) is 77.7 Å². The highest BCUT2D eigenvalue weighted by molar-refractivity contribution is 7.92. The number of nitrogens with zero attached hydrogens (tertiary/aromatic N) is 1. The molecule has 0 radical (unpaired) electrons. The Bertz CT molecular complexity index is 1250. The zero-order valence-corrected chi connectivity index (χ0v) is 19.5. The molecule has 0 aromatic heterocycles. The van der Waals surface area contributed by atoms with Crippen molar-refractivity contribution in [3.05, 3.63) is 84.2 Å². The quantitative estimate of drug-likeness (QED) is 0.517. The van der Waals surface area contributed by atoms with Gasteiger partial charge in [0, 0.05) is 42.8 Å². The molecule has 1 amide bonds. The number of hydrogen-bond donors (Lipinski definition) is 2. The van der Waals surface area contributed by atoms with Gasteiger partial charge in [0.2, 0.25) is 0 Å². The Labute approximate surface area is 198 Å². The summed E-state index contributed by atoms with van der Waals surface area (Å²) in [6.07, 6.45) is 2.37. The molecule has 1 unspecified atom stereocenters. The fourth-order valence-corrected chi connectivity index (χ4v) is 4.95. The Hall–Kier alpha value is -3.43. The maximum atomic E-state index is 13.4. The lowest BCUT2D eigenvalue weighted by Crippen LogP contribution is -2.39. The van der Waals surface area contributed by atoms with Crippen LogP contribution in [0.5, 0.6) is 0 Å². The number of anilines is 3. The minimum absolute atomic E-state index is 0.180. The molecule has 1 fully saturated rings. The fourth-order valence-electron chi connectivity index (χ4n) is 3.86. The van der Waals surface area contributed by atoms with Gasteiger partial charge in [-0.25, -0.2) is 12.8 Å². The van der Waals surface area contributed by atoms with Crippen LogP contribution in [-0.2, 0) is 14.8 Å². The molecule has 1 saturated heterocycles. The van der Waals surface area contributed by atoms with Gasteiger partial charge in [0.1, 0.15) is 5.82 Å². The molecule has 1 aliphatic rings. The summed E-state index contributed by atoms with van der Waals surface area (Å²) in [6, 6.07) is 18.4. The second kappa shape index (κ2) is 10.2. The number of benzene rings is 3. The van der Waals surface area contributed by atoms with Crippen molar-refractivity contribution in [1.82, 2.24) is 0 Å². The number of ether oxygens (including phenoxy) is 1. The molecule has 0 bridgehead atoms. The van der Waals surface area contributed by atoms with Crippen LogP contribution in [0.2, 0.25) is 0 Å². The molecule has 9 heteroatoms. The summed E-state index contributed by atoms with van der Waals surface area (Å²) in [6.45, 7) is 1.82. The van der Waals surface area contributed by atoms with E-state index in [1.54, 1.807) is 7.11 Å². The van der Waals surface area contributed by atoms with E-state index in [1.165, 1.54) is 42.5 Å². The number of nitrogens with one attached hydrogen (secondary N) is 2. The third-order valence-corrected chi connectivity index (χ3v) is 7.09. The highest BCUT2D eigenvalue weighted by Gasteiger charge is 2.20. The highest BCUT2D eigenvalue weighted by Crippen LogP contribution is 2.23. The monoisotopic (exact) mass is 483 g/mol. The molecule has 1 aliphatic heterocycles. The number of carbonyl (C=O) groups is 1. The van der Waals surface area contributed by atoms with E-state index in [2.05, 4.69) is 14.9 Å². The van der Waals surface area contributed by atoms with Crippen molar-refractivity contribution in [1.29, 1.82) is 0 Å². The highest BCUT2D eigenvalue weighted by atomic mass is 32.2. The minimum Gasteiger partial charge on any atom is -0.380 e. The Balaban J connectivity index is 1.37. The number of amides is 1. The standard InChI is InChI=1S/C25H26FN3O4S/c1-33-23-5-3-15-29(17-23)22-13-11-20(12-14-22)27-25(30)18-7-9-21(10-8-18)28-34(31,32)24-6-2-4-19(26)16-24/h2,4,6-14,16,23,28H,3,5,15,17H2,1H3,(H,27,30). The second-order valence-corrected chi connectivity index (χ2v) is 9.77. The van der Waals surface area contributed by atoms with E-state index >= 15 is 0 Å². The lowest BCUT2D eigenvalue weighted by Gasteiger charge is -2.33. The minimum atomic E-state index is -3.94. The molecule has 0 aliphatic carbocycles. The molecular formula is C25H26FN3O4S. The van der Waals surface area contributed by atoms with Gasteiger partial charge in [-0.3, -0.25) is 9.52 Å². The predicted octanol–water partition coefficient (Wildman–Crippen LogP) is 4.49. The molecule has 4 rings (SSSR count). The number of carbonyl (C=O) groups excluding carboxylic acids is 1. The maximum Gasteiger partial charge on any atom is 0.261 e. The number of rotatable bonds is 7. The molecule has 1 atom stereocenters. The Kier molecular flexibility index (Phi) is 7.14. The largest absolute Gasteiger partial charge is 0.380 e. The zero-order valence-electron chi connectivity index (χ0n) is 18.7. The van der Waals surface area contributed by atoms with Crippen molar-refractivity contribution in [2.75, 3.05) is 35.1 Å². The van der Waals surface area contributed by atoms with Crippen molar-refractivity contribution >= 4 is 33.0 Å². The average Bonchev–Trinajstić information content (AvgIpc) is 2.85. The third-order valence-electron chi connectivity index (χ3n) is 5.71. The summed E-state index contributed by atoms with van der Waals surface area (Å²) in [4.78, 5) is 14.7. The summed E-state index contributed by atoms with van der Waals surface area (Å²) in [5.41, 5.74) is 2.37. The SMILES string of the molecule is COC1CCCN(c2ccc(NC(=O)c3ccc(NS(=O)(=O)c4cccc(F)c4)cc3)cc2)C1. The normalized spacial score (nSPS) is 16.2. The van der Waals surface area contributed by atoms with Gasteiger partial charge in [0.15, 0.2) is 0 Å². The van der Waals surface area contributed by atoms with Gasteiger partial charge < -0.3 is 15.0 Å². The van der Waals surface area contributed by atoms with Crippen LogP contribution in [0.3, 0.4) is 0 Å². The van der Waals surface area contributed by atoms with E-state index in [9.17, 15) is 17.6 Å². The molecule has 3 aromatic carbocycles. The van der Waals surface area contributed by atoms with Crippen LogP contribution >= 0.6 is 0 Å². The van der Waals surface area contributed by atoms with Crippen molar-refractivity contribution in [3.63, 3.8) is 0 Å². The van der Waals surface area contributed by atoms with Crippen molar-refractivity contribution in [3.8, 4) is 0 Å². The average molecular weight is 484 g/mol. The maximum absolute atomic E-state index is 13.4. The zero-order chi connectivity index (χ0) is 24.1. The summed E-state index contributed by atoms with van der Waals surface area (Å²) in [5.74, 6) is -0.956. The lowest BCUT2D eigenvalue weighted by molar-refractivity contribution is 0.0893. The van der Waals surface area contributed by atoms with E-state index in [4.69, 9.17) is 4.74 Å². The van der Waals surface area contributed by atoms with E-state index < -0.39 is 15.8 Å². The fraction of sp³-hybridized carbons (Fsp3) is 0.240. The van der Waals surface area contributed by atoms with Crippen molar-refractivity contribution in [2.45, 2.75) is 23.8 Å². The summed E-state index contributed by atoms with van der Waals surface area (Å²) in [5, 5.41) is 2.85. The Morgan fingerprint density at radius 3 is 2.41 bits per heavy atom. The number of halogens is 1. The summed E-state index contributed by atoms with van der Waals surface area (Å²) in [7, 11) is -2.20. The van der Waals surface area contributed by atoms with Crippen molar-refractivity contribution < 1.29 is 22.3 Å². The molecule has 0 saturated carbocycles. The molecule has 0 spiro atoms. The van der Waals surface area contributed by atoms with Crippen LogP contribution < -0.4 is 14.9 Å². The predicted molar refractivity (Wildman–Crippen MR) is 130 cm³/mol. The van der Waals surface area contributed by atoms with E-state index in [1.807, 2.05) is 24.3 Å². The number of methoxy groups -OCH3 is 1. The first-order chi connectivity index (χ1) is 16.3. The Morgan fingerprint density at radius 2 is 1.74 bits per heavy atom. The summed E-state index contributed by atoms with van der Waals surface area (Å²) >= 11 is 0. The summed E-state index contributed by atoms with van der Waals surface area (Å²) < 4.78 is 46.1. The van der Waals surface area contributed by atoms with E-state index in [0.717, 1.165) is 37.7 Å². The van der Waals surface area contributed by atoms with Gasteiger partial charge in [0.05, 0.1) is 11.0 Å². The Morgan fingerprint density at radius 1 is 1.03 bits per heavy atom. The first-order valence-corrected chi connectivity index (χ1v) is 12.4. The van der Waals surface area contributed by atoms with Gasteiger partial charge in [0.25, 0.3) is 15.9 Å². The van der Waals surface area contributed by atoms with Crippen LogP contribution in [0.25, 0.3) is 0 Å². The van der Waals surface area contributed by atoms with Gasteiger partial charge in [-0.05, 0) is 79.6 Å². The molecule has 1 heterocycles. The van der Waals surface area contributed by atoms with Gasteiger partial charge in [-0.15, -0.1) is 0 Å². The third kappa shape index (κ3) is 5.73. The lowest BCUT2D eigenvalue weighted by atomic mass is 10.1. The molecule has 178 valence electrons. The van der Waals surface area contributed by atoms with Gasteiger partial charge in [-0.2, -0.15) is 0 Å². The van der Waals surface area contributed by atoms with Crippen LogP contribution in [0.1, 0.15) is 23.2 Å². The van der Waals surface area contributed by atoms with Crippen molar-refractivity contribution in [2.24, 2.45) is 0 Å². The topological polar surface area (TPSA) is 87.7 Å². The van der Waals surface area contributed by atoms with Crippen LogP contribution in [0, 0.1) is 5.82 Å². The van der Waals surface area contributed by atoms with Crippen LogP contribution in [0.4, 0.5) is 21.5 Å². The van der Waals surface area contributed by atoms with Gasteiger partial charge in [-0.1, -0.05) is 6.07 Å². The van der Waals surface area contributed by atoms with Crippen LogP contribution in [-0.4, -0.2) is 40.6 Å². The molecular weight excluding hydrogens is 457 g/mol. The molecule has 3 aromatic rings. The molecule has 2 N–H and O–H groups in total. The number of sulfonamides is 1. The second-order valence-electron chi connectivity index (χ2n) is 8.09. The number of piperidine rings is 1. The smallest absolute Gasteiger partial charge is 0.261 e. The van der Waals surface area contributed by atoms with E-state index in [-0.39, 0.29) is 22.6 Å². The first-order valence-electron chi connectivity index (χ1n) is 10.9.